The zero-order valence-corrected chi connectivity index (χ0v) is 50.4. The van der Waals surface area contributed by atoms with Gasteiger partial charge in [0.25, 0.3) is 0 Å². The molecule has 0 aliphatic rings. The lowest BCUT2D eigenvalue weighted by atomic mass is 10.1. The van der Waals surface area contributed by atoms with Crippen molar-refractivity contribution in [3.05, 3.63) is 119 Å². The molecule has 4 aromatic carbocycles. The molecule has 0 saturated heterocycles. The quantitative estimate of drug-likeness (QED) is 0.0137. The number of ether oxygens (including phenoxy) is 12. The van der Waals surface area contributed by atoms with Gasteiger partial charge >= 0.3 is 66.6 Å². The van der Waals surface area contributed by atoms with Gasteiger partial charge in [-0.15, -0.1) is 0 Å². The van der Waals surface area contributed by atoms with Crippen LogP contribution < -0.4 is 9.47 Å². The molecule has 0 aliphatic heterocycles. The molecule has 6 N–H and O–H groups in total. The predicted octanol–water partition coefficient (Wildman–Crippen LogP) is 12.9. The van der Waals surface area contributed by atoms with Crippen molar-refractivity contribution in [2.75, 3.05) is 52.9 Å². The Labute approximate surface area is 541 Å². The van der Waals surface area contributed by atoms with Crippen LogP contribution >= 0.6 is 0 Å². The van der Waals surface area contributed by atoms with Crippen molar-refractivity contribution >= 4 is 0 Å². The lowest BCUT2D eigenvalue weighted by molar-refractivity contribution is -0.537. The fourth-order valence-electron chi connectivity index (χ4n) is 7.57. The van der Waals surface area contributed by atoms with E-state index in [1.165, 1.54) is 72.8 Å². The first-order valence-electron chi connectivity index (χ1n) is 28.4. The zero-order chi connectivity index (χ0) is 73.7. The Morgan fingerprint density at radius 2 is 0.673 bits per heavy atom. The highest BCUT2D eigenvalue weighted by atomic mass is 19.4. The number of aromatic hydroxyl groups is 2. The smallest absolute Gasteiger partial charge is 0.453 e. The number of phenols is 2. The predicted molar refractivity (Wildman–Crippen MR) is 286 cm³/mol. The molecule has 4 rings (SSSR count). The average Bonchev–Trinajstić information content (AvgIpc) is 0.765. The lowest BCUT2D eigenvalue weighted by Crippen LogP contribution is -2.62. The first kappa shape index (κ1) is 84.4. The first-order chi connectivity index (χ1) is 45.2. The molecule has 4 unspecified atom stereocenters. The first-order valence-corrected chi connectivity index (χ1v) is 28.4. The fourth-order valence-corrected chi connectivity index (χ4v) is 7.57. The minimum absolute atomic E-state index is 0.00712. The van der Waals surface area contributed by atoms with Gasteiger partial charge in [0.1, 0.15) is 74.8 Å². The normalized spacial score (nSPS) is 14.9. The summed E-state index contributed by atoms with van der Waals surface area (Å²) in [6.07, 6.45) is -55.9. The SMILES string of the molecule is Oc1ccc(OCC(O)COCC(F)(F)OC(F)(F)C(F)(F)OC(F)(F)C(F)(F)COCc2ccc(COC(O)CCCCCCCC(O)OCc3cccc(COCC(F)(F)C(F)(F)C(F)(F)OC(F)(F)C(F)(F)OC(F)(F)COCC(O)COc4ccc(O)cc4)c3)cc2)cc1. The van der Waals surface area contributed by atoms with Crippen molar-refractivity contribution in [3.63, 3.8) is 0 Å². The van der Waals surface area contributed by atoms with Gasteiger partial charge in [-0.05, 0) is 96.5 Å². The number of benzene rings is 4. The van der Waals surface area contributed by atoms with E-state index < -0.39 is 157 Å². The summed E-state index contributed by atoms with van der Waals surface area (Å²) in [5.74, 6) is -19.3. The Morgan fingerprint density at radius 3 is 1.10 bits per heavy atom. The third-order valence-electron chi connectivity index (χ3n) is 12.6. The molecular weight excluding hydrogens is 1400 g/mol. The highest BCUT2D eigenvalue weighted by Crippen LogP contribution is 2.52. The molecule has 40 heteroatoms. The summed E-state index contributed by atoms with van der Waals surface area (Å²) in [4.78, 5) is 0. The lowest BCUT2D eigenvalue weighted by Gasteiger charge is -2.36. The van der Waals surface area contributed by atoms with Crippen molar-refractivity contribution in [3.8, 4) is 23.0 Å². The second-order valence-electron chi connectivity index (χ2n) is 21.2. The van der Waals surface area contributed by atoms with Crippen LogP contribution in [0.4, 0.5) is 96.6 Å². The molecule has 0 aromatic heterocycles. The molecule has 0 fully saturated rings. The van der Waals surface area contributed by atoms with E-state index in [0.29, 0.717) is 37.7 Å². The summed E-state index contributed by atoms with van der Waals surface area (Å²) in [6, 6.07) is 19.5. The van der Waals surface area contributed by atoms with Gasteiger partial charge in [-0.1, -0.05) is 67.8 Å². The maximum absolute atomic E-state index is 14.5. The third-order valence-corrected chi connectivity index (χ3v) is 12.6. The summed E-state index contributed by atoms with van der Waals surface area (Å²) in [5.41, 5.74) is 0.477. The van der Waals surface area contributed by atoms with E-state index in [2.05, 4.69) is 37.9 Å². The van der Waals surface area contributed by atoms with Crippen molar-refractivity contribution < 1.29 is 184 Å². The molecule has 0 amide bonds. The van der Waals surface area contributed by atoms with E-state index in [1.54, 1.807) is 0 Å². The molecule has 558 valence electrons. The zero-order valence-electron chi connectivity index (χ0n) is 50.4. The van der Waals surface area contributed by atoms with Crippen molar-refractivity contribution in [2.45, 2.75) is 163 Å². The maximum atomic E-state index is 14.5. The molecule has 0 radical (unpaired) electrons. The van der Waals surface area contributed by atoms with E-state index in [1.807, 2.05) is 0 Å². The van der Waals surface area contributed by atoms with Crippen LogP contribution in [0.25, 0.3) is 0 Å². The van der Waals surface area contributed by atoms with Crippen LogP contribution in [0.3, 0.4) is 0 Å². The Balaban J connectivity index is 1.07. The number of aliphatic hydroxyl groups excluding tert-OH is 4. The van der Waals surface area contributed by atoms with Gasteiger partial charge in [-0.3, -0.25) is 0 Å². The van der Waals surface area contributed by atoms with E-state index in [4.69, 9.17) is 18.9 Å². The molecule has 0 aliphatic carbocycles. The fraction of sp³-hybridized carbons (Fsp3) is 0.586. The summed E-state index contributed by atoms with van der Waals surface area (Å²) in [6.45, 7) is -16.0. The monoisotopic (exact) mass is 1470 g/mol. The van der Waals surface area contributed by atoms with Crippen LogP contribution in [-0.2, 0) is 73.8 Å². The molecule has 18 nitrogen and oxygen atoms in total. The largest absolute Gasteiger partial charge is 0.508 e. The number of hydrogen-bond acceptors (Lipinski definition) is 18. The van der Waals surface area contributed by atoms with Gasteiger partial charge in [0.15, 0.2) is 12.6 Å². The van der Waals surface area contributed by atoms with E-state index >= 15 is 0 Å². The van der Waals surface area contributed by atoms with E-state index in [-0.39, 0.29) is 65.7 Å². The summed E-state index contributed by atoms with van der Waals surface area (Å²) in [5, 5.41) is 58.5. The topological polar surface area (TPSA) is 232 Å². The highest BCUT2D eigenvalue weighted by molar-refractivity contribution is 5.31. The number of halogens is 22. The van der Waals surface area contributed by atoms with Crippen LogP contribution in [0, 0.1) is 0 Å². The Kier molecular flexibility index (Phi) is 31.0. The van der Waals surface area contributed by atoms with Gasteiger partial charge in [-0.25, -0.2) is 18.9 Å². The van der Waals surface area contributed by atoms with Crippen LogP contribution in [0.1, 0.15) is 67.2 Å². The van der Waals surface area contributed by atoms with Gasteiger partial charge in [0.05, 0.1) is 39.6 Å². The van der Waals surface area contributed by atoms with Crippen LogP contribution in [0.5, 0.6) is 23.0 Å². The third kappa shape index (κ3) is 27.5. The number of phenolic OH excluding ortho intramolecular Hbond substituents is 2. The summed E-state index contributed by atoms with van der Waals surface area (Å²) in [7, 11) is 0. The molecule has 4 aromatic rings. The number of unbranched alkanes of at least 4 members (excludes halogenated alkanes) is 4. The number of rotatable bonds is 49. The Morgan fingerprint density at radius 1 is 0.327 bits per heavy atom. The minimum atomic E-state index is -7.24. The Bertz CT molecular complexity index is 2960. The molecule has 0 heterocycles. The van der Waals surface area contributed by atoms with Crippen molar-refractivity contribution in [1.82, 2.24) is 0 Å². The van der Waals surface area contributed by atoms with Crippen molar-refractivity contribution in [2.24, 2.45) is 0 Å². The molecule has 98 heavy (non-hydrogen) atoms. The average molecular weight is 1470 g/mol. The van der Waals surface area contributed by atoms with E-state index in [0.717, 1.165) is 24.3 Å². The molecular formula is C58H64F22O18. The second kappa shape index (κ2) is 36.0. The van der Waals surface area contributed by atoms with Crippen molar-refractivity contribution in [1.29, 1.82) is 0 Å². The van der Waals surface area contributed by atoms with Gasteiger partial charge < -0.3 is 68.5 Å². The van der Waals surface area contributed by atoms with Gasteiger partial charge in [0, 0.05) is 0 Å². The number of hydrogen-bond donors (Lipinski definition) is 6. The van der Waals surface area contributed by atoms with Crippen LogP contribution in [0.15, 0.2) is 97.1 Å². The standard InChI is InChI=1S/C58H64F22O18/c59-48(60,52(67,68)54(71,72)98-58(79,80)56(75,76)96-51(65,66)35-90-29-43(84)31-92-45-21-17-41(82)18-22-45)32-88-25-38-7-6-8-39(23-38)27-94-47(86)10-5-3-1-2-4-9-46(85)93-26-37-13-11-36(12-14-37)24-87-33-49(61,62)53(69,70)97-57(77,78)55(73,74)95-50(63,64)34-89-28-42(83)30-91-44-19-15-40(81)16-20-44/h6-8,11-23,42-43,46-47,81-86H,1-5,9-10,24-35H2. The number of alkyl halides is 22. The van der Waals surface area contributed by atoms with Crippen LogP contribution in [-0.4, -0.2) is 175 Å². The molecule has 4 atom stereocenters. The van der Waals surface area contributed by atoms with E-state index in [9.17, 15) is 127 Å². The highest BCUT2D eigenvalue weighted by Gasteiger charge is 2.78. The maximum Gasteiger partial charge on any atom is 0.453 e. The summed E-state index contributed by atoms with van der Waals surface area (Å²) >= 11 is 0. The Hall–Kier alpha value is -6.02. The van der Waals surface area contributed by atoms with Gasteiger partial charge in [0.2, 0.25) is 0 Å². The number of aliphatic hydroxyl groups is 4. The minimum Gasteiger partial charge on any atom is -0.508 e. The molecule has 0 spiro atoms. The summed E-state index contributed by atoms with van der Waals surface area (Å²) < 4.78 is 360. The van der Waals surface area contributed by atoms with Crippen LogP contribution in [0.2, 0.25) is 0 Å². The molecule has 0 saturated carbocycles. The van der Waals surface area contributed by atoms with Gasteiger partial charge in [-0.2, -0.15) is 96.6 Å². The molecule has 0 bridgehead atoms. The second-order valence-corrected chi connectivity index (χ2v) is 21.2.